The number of anilines is 1. The zero-order chi connectivity index (χ0) is 23.8. The summed E-state index contributed by atoms with van der Waals surface area (Å²) in [5, 5.41) is 8.89. The highest BCUT2D eigenvalue weighted by Crippen LogP contribution is 2.40. The summed E-state index contributed by atoms with van der Waals surface area (Å²) < 4.78 is 16.3. The average molecular weight is 457 g/mol. The Morgan fingerprint density at radius 3 is 1.97 bits per heavy atom. The number of hydrogen-bond donors (Lipinski definition) is 0. The second-order valence-electron chi connectivity index (χ2n) is 8.28. The molecule has 2 heterocycles. The van der Waals surface area contributed by atoms with Crippen molar-refractivity contribution in [1.29, 1.82) is 0 Å². The number of carbonyl (C=O) groups excluding carboxylic acids is 1. The van der Waals surface area contributed by atoms with Crippen LogP contribution >= 0.6 is 0 Å². The van der Waals surface area contributed by atoms with Gasteiger partial charge in [0.25, 0.3) is 0 Å². The van der Waals surface area contributed by atoms with E-state index in [1.165, 1.54) is 0 Å². The second kappa shape index (κ2) is 11.7. The molecule has 1 aromatic carbocycles. The summed E-state index contributed by atoms with van der Waals surface area (Å²) in [6.45, 7) is 7.25. The van der Waals surface area contributed by atoms with E-state index < -0.39 is 0 Å². The summed E-state index contributed by atoms with van der Waals surface area (Å²) in [5.74, 6) is 2.97. The summed E-state index contributed by atoms with van der Waals surface area (Å²) in [7, 11) is 4.76. The van der Waals surface area contributed by atoms with Gasteiger partial charge in [-0.15, -0.1) is 10.2 Å². The molecule has 0 unspecified atom stereocenters. The van der Waals surface area contributed by atoms with E-state index in [-0.39, 0.29) is 5.92 Å². The Morgan fingerprint density at radius 1 is 0.909 bits per heavy atom. The molecule has 0 N–H and O–H groups in total. The van der Waals surface area contributed by atoms with Crippen LogP contribution in [0.5, 0.6) is 17.2 Å². The number of methoxy groups -OCH3 is 3. The molecule has 0 spiro atoms. The molecule has 8 nitrogen and oxygen atoms in total. The van der Waals surface area contributed by atoms with Gasteiger partial charge in [-0.25, -0.2) is 0 Å². The van der Waals surface area contributed by atoms with Crippen molar-refractivity contribution in [2.24, 2.45) is 5.92 Å². The lowest BCUT2D eigenvalue weighted by atomic mass is 9.96. The average Bonchev–Trinajstić information content (AvgIpc) is 2.87. The first-order valence-electron chi connectivity index (χ1n) is 11.7. The summed E-state index contributed by atoms with van der Waals surface area (Å²) in [6, 6.07) is 7.63. The summed E-state index contributed by atoms with van der Waals surface area (Å²) in [5.41, 5.74) is 1.55. The van der Waals surface area contributed by atoms with Crippen LogP contribution in [0, 0.1) is 5.92 Å². The largest absolute Gasteiger partial charge is 0.493 e. The first-order chi connectivity index (χ1) is 16.1. The normalized spacial score (nSPS) is 13.9. The molecule has 0 saturated carbocycles. The van der Waals surface area contributed by atoms with Crippen molar-refractivity contribution in [3.05, 3.63) is 24.3 Å². The number of aromatic nitrogens is 2. The van der Waals surface area contributed by atoms with Crippen LogP contribution in [0.1, 0.15) is 39.5 Å². The lowest BCUT2D eigenvalue weighted by Crippen LogP contribution is -2.50. The highest BCUT2D eigenvalue weighted by molar-refractivity contribution is 5.79. The Kier molecular flexibility index (Phi) is 8.74. The van der Waals surface area contributed by atoms with Crippen molar-refractivity contribution in [3.63, 3.8) is 0 Å². The molecule has 0 atom stereocenters. The Hall–Kier alpha value is -3.03. The van der Waals surface area contributed by atoms with Gasteiger partial charge in [-0.2, -0.15) is 0 Å². The molecule has 3 rings (SSSR count). The predicted molar refractivity (Wildman–Crippen MR) is 129 cm³/mol. The van der Waals surface area contributed by atoms with Gasteiger partial charge in [-0.05, 0) is 37.1 Å². The molecule has 180 valence electrons. The van der Waals surface area contributed by atoms with Gasteiger partial charge in [0.2, 0.25) is 11.7 Å². The third-order valence-electron chi connectivity index (χ3n) is 6.15. The minimum atomic E-state index is 0.157. The van der Waals surface area contributed by atoms with Crippen molar-refractivity contribution < 1.29 is 19.0 Å². The van der Waals surface area contributed by atoms with Gasteiger partial charge in [0.1, 0.15) is 0 Å². The first kappa shape index (κ1) is 24.6. The zero-order valence-electron chi connectivity index (χ0n) is 20.5. The van der Waals surface area contributed by atoms with Gasteiger partial charge in [0.05, 0.1) is 27.0 Å². The van der Waals surface area contributed by atoms with Gasteiger partial charge in [0, 0.05) is 37.7 Å². The molecular weight excluding hydrogens is 420 g/mol. The lowest BCUT2D eigenvalue weighted by Gasteiger charge is -2.36. The Labute approximate surface area is 196 Å². The number of carbonyl (C=O) groups is 1. The van der Waals surface area contributed by atoms with Crippen LogP contribution in [0.4, 0.5) is 5.82 Å². The molecule has 0 aliphatic carbocycles. The molecule has 0 bridgehead atoms. The maximum atomic E-state index is 12.9. The Morgan fingerprint density at radius 2 is 1.52 bits per heavy atom. The summed E-state index contributed by atoms with van der Waals surface area (Å²) in [4.78, 5) is 17.1. The van der Waals surface area contributed by atoms with Crippen LogP contribution in [-0.2, 0) is 4.79 Å². The molecule has 1 aliphatic rings. The smallest absolute Gasteiger partial charge is 0.225 e. The molecule has 1 amide bonds. The molecule has 1 fully saturated rings. The fourth-order valence-electron chi connectivity index (χ4n) is 4.38. The number of hydrogen-bond acceptors (Lipinski definition) is 7. The molecule has 2 aromatic rings. The maximum absolute atomic E-state index is 12.9. The standard InChI is InChI=1S/C25H36N4O4/c1-6-8-18(9-7-2)25(30)29-14-12-28(13-15-29)23-11-10-20(26-27-23)19-16-21(31-3)24(33-5)22(17-19)32-4/h10-11,16-18H,6-9,12-15H2,1-5H3. The minimum Gasteiger partial charge on any atom is -0.493 e. The van der Waals surface area contributed by atoms with E-state index in [2.05, 4.69) is 28.9 Å². The molecule has 1 aliphatic heterocycles. The van der Waals surface area contributed by atoms with Crippen LogP contribution in [0.2, 0.25) is 0 Å². The second-order valence-corrected chi connectivity index (χ2v) is 8.28. The van der Waals surface area contributed by atoms with E-state index in [4.69, 9.17) is 14.2 Å². The van der Waals surface area contributed by atoms with Crippen LogP contribution < -0.4 is 19.1 Å². The molecular formula is C25H36N4O4. The van der Waals surface area contributed by atoms with E-state index in [0.29, 0.717) is 28.8 Å². The molecule has 1 saturated heterocycles. The van der Waals surface area contributed by atoms with E-state index in [0.717, 1.165) is 63.2 Å². The third kappa shape index (κ3) is 5.67. The monoisotopic (exact) mass is 456 g/mol. The number of rotatable bonds is 10. The SMILES string of the molecule is CCCC(CCC)C(=O)N1CCN(c2ccc(-c3cc(OC)c(OC)c(OC)c3)nn2)CC1. The number of benzene rings is 1. The van der Waals surface area contributed by atoms with Crippen molar-refractivity contribution in [1.82, 2.24) is 15.1 Å². The molecule has 1 aromatic heterocycles. The Bertz CT molecular complexity index is 880. The van der Waals surface area contributed by atoms with Gasteiger partial charge >= 0.3 is 0 Å². The van der Waals surface area contributed by atoms with Gasteiger partial charge in [-0.3, -0.25) is 4.79 Å². The van der Waals surface area contributed by atoms with Crippen molar-refractivity contribution >= 4 is 11.7 Å². The summed E-state index contributed by atoms with van der Waals surface area (Å²) in [6.07, 6.45) is 4.04. The van der Waals surface area contributed by atoms with E-state index in [1.54, 1.807) is 21.3 Å². The highest BCUT2D eigenvalue weighted by Gasteiger charge is 2.27. The fourth-order valence-corrected chi connectivity index (χ4v) is 4.38. The lowest BCUT2D eigenvalue weighted by molar-refractivity contribution is -0.136. The van der Waals surface area contributed by atoms with Crippen molar-refractivity contribution in [2.45, 2.75) is 39.5 Å². The quantitative estimate of drug-likeness (QED) is 0.534. The van der Waals surface area contributed by atoms with E-state index >= 15 is 0 Å². The number of ether oxygens (including phenoxy) is 3. The van der Waals surface area contributed by atoms with Crippen LogP contribution in [-0.4, -0.2) is 68.5 Å². The number of piperazine rings is 1. The van der Waals surface area contributed by atoms with Gasteiger partial charge in [-0.1, -0.05) is 26.7 Å². The highest BCUT2D eigenvalue weighted by atomic mass is 16.5. The topological polar surface area (TPSA) is 77.0 Å². The Balaban J connectivity index is 1.68. The van der Waals surface area contributed by atoms with Crippen LogP contribution in [0.15, 0.2) is 24.3 Å². The molecule has 0 radical (unpaired) electrons. The van der Waals surface area contributed by atoms with Crippen LogP contribution in [0.25, 0.3) is 11.3 Å². The molecule has 33 heavy (non-hydrogen) atoms. The van der Waals surface area contributed by atoms with Gasteiger partial charge in [0.15, 0.2) is 17.3 Å². The van der Waals surface area contributed by atoms with E-state index in [1.807, 2.05) is 29.2 Å². The predicted octanol–water partition coefficient (Wildman–Crippen LogP) is 4.03. The fraction of sp³-hybridized carbons (Fsp3) is 0.560. The van der Waals surface area contributed by atoms with Gasteiger partial charge < -0.3 is 24.0 Å². The van der Waals surface area contributed by atoms with Crippen molar-refractivity contribution in [3.8, 4) is 28.5 Å². The van der Waals surface area contributed by atoms with Crippen LogP contribution in [0.3, 0.4) is 0 Å². The molecule has 8 heteroatoms. The first-order valence-corrected chi connectivity index (χ1v) is 11.7. The number of nitrogens with zero attached hydrogens (tertiary/aromatic N) is 4. The zero-order valence-corrected chi connectivity index (χ0v) is 20.5. The minimum absolute atomic E-state index is 0.157. The summed E-state index contributed by atoms with van der Waals surface area (Å²) >= 11 is 0. The number of amides is 1. The van der Waals surface area contributed by atoms with Crippen molar-refractivity contribution in [2.75, 3.05) is 52.4 Å². The maximum Gasteiger partial charge on any atom is 0.225 e. The third-order valence-corrected chi connectivity index (χ3v) is 6.15. The van der Waals surface area contributed by atoms with E-state index in [9.17, 15) is 4.79 Å².